The first-order valence-corrected chi connectivity index (χ1v) is 10.0. The van der Waals surface area contributed by atoms with Crippen molar-refractivity contribution >= 4 is 46.9 Å². The minimum atomic E-state index is -0.375. The van der Waals surface area contributed by atoms with Gasteiger partial charge in [0.05, 0.1) is 16.3 Å². The van der Waals surface area contributed by atoms with Crippen LogP contribution in [0.3, 0.4) is 0 Å². The second kappa shape index (κ2) is 10.6. The Bertz CT molecular complexity index is 1120. The molecule has 0 aromatic heterocycles. The van der Waals surface area contributed by atoms with Crippen LogP contribution in [0.4, 0.5) is 5.69 Å². The molecule has 0 fully saturated rings. The smallest absolute Gasteiger partial charge is 0.271 e. The van der Waals surface area contributed by atoms with Gasteiger partial charge in [-0.05, 0) is 54.1 Å². The first-order chi connectivity index (χ1) is 14.9. The maximum absolute atomic E-state index is 12.3. The topological polar surface area (TPSA) is 79.8 Å². The van der Waals surface area contributed by atoms with Gasteiger partial charge in [0.1, 0.15) is 12.4 Å². The highest BCUT2D eigenvalue weighted by Crippen LogP contribution is 2.24. The lowest BCUT2D eigenvalue weighted by atomic mass is 10.2. The molecule has 0 saturated carbocycles. The minimum Gasteiger partial charge on any atom is -0.488 e. The van der Waals surface area contributed by atoms with Crippen molar-refractivity contribution in [3.8, 4) is 5.75 Å². The number of hydrogen-bond acceptors (Lipinski definition) is 4. The largest absolute Gasteiger partial charge is 0.488 e. The van der Waals surface area contributed by atoms with Crippen LogP contribution in [-0.4, -0.2) is 18.0 Å². The van der Waals surface area contributed by atoms with Crippen LogP contribution < -0.4 is 15.5 Å². The predicted octanol–water partition coefficient (Wildman–Crippen LogP) is 5.29. The van der Waals surface area contributed by atoms with Crippen molar-refractivity contribution < 1.29 is 14.3 Å². The predicted molar refractivity (Wildman–Crippen MR) is 123 cm³/mol. The Morgan fingerprint density at radius 1 is 1.00 bits per heavy atom. The zero-order valence-electron chi connectivity index (χ0n) is 16.6. The lowest BCUT2D eigenvalue weighted by Gasteiger charge is -2.09. The number of nitrogens with one attached hydrogen (secondary N) is 2. The number of halogens is 2. The average Bonchev–Trinajstić information content (AvgIpc) is 2.75. The van der Waals surface area contributed by atoms with E-state index in [0.717, 1.165) is 5.56 Å². The quantitative estimate of drug-likeness (QED) is 0.374. The number of ether oxygens (including phenoxy) is 1. The first-order valence-electron chi connectivity index (χ1n) is 9.29. The number of hydrazone groups is 1. The van der Waals surface area contributed by atoms with Gasteiger partial charge in [0.15, 0.2) is 0 Å². The van der Waals surface area contributed by atoms with Gasteiger partial charge in [0.25, 0.3) is 5.91 Å². The van der Waals surface area contributed by atoms with Crippen molar-refractivity contribution in [2.75, 3.05) is 5.32 Å². The molecule has 0 atom stereocenters. The van der Waals surface area contributed by atoms with Gasteiger partial charge in [-0.1, -0.05) is 41.4 Å². The highest BCUT2D eigenvalue weighted by molar-refractivity contribution is 6.42. The summed E-state index contributed by atoms with van der Waals surface area (Å²) in [4.78, 5) is 23.3. The van der Waals surface area contributed by atoms with E-state index in [1.807, 2.05) is 24.3 Å². The molecule has 0 spiro atoms. The second-order valence-corrected chi connectivity index (χ2v) is 7.35. The third kappa shape index (κ3) is 6.57. The van der Waals surface area contributed by atoms with E-state index < -0.39 is 0 Å². The van der Waals surface area contributed by atoms with Crippen molar-refractivity contribution in [1.82, 2.24) is 5.43 Å². The van der Waals surface area contributed by atoms with E-state index in [0.29, 0.717) is 39.2 Å². The van der Waals surface area contributed by atoms with Crippen LogP contribution in [-0.2, 0) is 11.4 Å². The number of anilines is 1. The van der Waals surface area contributed by atoms with Gasteiger partial charge in [0, 0.05) is 23.7 Å². The summed E-state index contributed by atoms with van der Waals surface area (Å²) in [6, 6.07) is 19.1. The fourth-order valence-electron chi connectivity index (χ4n) is 2.64. The van der Waals surface area contributed by atoms with E-state index >= 15 is 0 Å². The van der Waals surface area contributed by atoms with Crippen molar-refractivity contribution in [3.05, 3.63) is 93.5 Å². The lowest BCUT2D eigenvalue weighted by Crippen LogP contribution is -2.17. The minimum absolute atomic E-state index is 0.179. The maximum Gasteiger partial charge on any atom is 0.271 e. The first kappa shape index (κ1) is 22.3. The van der Waals surface area contributed by atoms with Gasteiger partial charge in [-0.3, -0.25) is 9.59 Å². The van der Waals surface area contributed by atoms with E-state index in [1.54, 1.807) is 42.5 Å². The van der Waals surface area contributed by atoms with Crippen LogP contribution in [0.5, 0.6) is 5.75 Å². The van der Waals surface area contributed by atoms with Gasteiger partial charge < -0.3 is 10.1 Å². The summed E-state index contributed by atoms with van der Waals surface area (Å²) in [7, 11) is 0. The molecule has 0 aliphatic rings. The van der Waals surface area contributed by atoms with Crippen LogP contribution >= 0.6 is 23.2 Å². The van der Waals surface area contributed by atoms with Crippen LogP contribution in [0.1, 0.15) is 28.4 Å². The Labute approximate surface area is 189 Å². The lowest BCUT2D eigenvalue weighted by molar-refractivity contribution is -0.114. The summed E-state index contributed by atoms with van der Waals surface area (Å²) in [6.45, 7) is 1.72. The Kier molecular flexibility index (Phi) is 7.65. The number of amides is 2. The van der Waals surface area contributed by atoms with Crippen LogP contribution in [0.2, 0.25) is 10.0 Å². The molecule has 31 heavy (non-hydrogen) atoms. The van der Waals surface area contributed by atoms with Crippen molar-refractivity contribution in [3.63, 3.8) is 0 Å². The maximum atomic E-state index is 12.3. The third-order valence-corrected chi connectivity index (χ3v) is 4.87. The molecule has 0 aliphatic carbocycles. The van der Waals surface area contributed by atoms with Gasteiger partial charge >= 0.3 is 0 Å². The molecule has 3 aromatic carbocycles. The van der Waals surface area contributed by atoms with Crippen LogP contribution in [0, 0.1) is 0 Å². The van der Waals surface area contributed by atoms with Gasteiger partial charge in [-0.15, -0.1) is 0 Å². The Hall–Kier alpha value is -3.35. The number of benzene rings is 3. The van der Waals surface area contributed by atoms with Crippen molar-refractivity contribution in [2.45, 2.75) is 13.5 Å². The molecule has 6 nitrogen and oxygen atoms in total. The highest BCUT2D eigenvalue weighted by Gasteiger charge is 2.06. The molecule has 0 heterocycles. The van der Waals surface area contributed by atoms with Crippen molar-refractivity contribution in [1.29, 1.82) is 0 Å². The number of para-hydroxylation sites is 1. The Balaban J connectivity index is 1.61. The number of carbonyl (C=O) groups is 2. The second-order valence-electron chi connectivity index (χ2n) is 6.53. The summed E-state index contributed by atoms with van der Waals surface area (Å²) in [5, 5.41) is 7.61. The van der Waals surface area contributed by atoms with E-state index in [4.69, 9.17) is 27.9 Å². The molecular weight excluding hydrogens is 437 g/mol. The normalized spacial score (nSPS) is 10.7. The van der Waals surface area contributed by atoms with Gasteiger partial charge in [-0.2, -0.15) is 5.10 Å². The zero-order valence-corrected chi connectivity index (χ0v) is 18.1. The molecule has 0 radical (unpaired) electrons. The molecule has 0 saturated heterocycles. The highest BCUT2D eigenvalue weighted by atomic mass is 35.5. The van der Waals surface area contributed by atoms with E-state index in [-0.39, 0.29) is 11.8 Å². The zero-order chi connectivity index (χ0) is 22.2. The SMILES string of the molecule is CC(=O)Nc1ccc(C(=O)N/N=C\c2ccccc2OCc2ccc(Cl)c(Cl)c2)cc1. The summed E-state index contributed by atoms with van der Waals surface area (Å²) in [5.41, 5.74) is 5.07. The number of hydrogen-bond donors (Lipinski definition) is 2. The number of rotatable bonds is 7. The summed E-state index contributed by atoms with van der Waals surface area (Å²) >= 11 is 12.0. The molecule has 2 N–H and O–H groups in total. The fraction of sp³-hybridized carbons (Fsp3) is 0.0870. The summed E-state index contributed by atoms with van der Waals surface area (Å²) in [5.74, 6) is 0.0490. The standard InChI is InChI=1S/C23H19Cl2N3O3/c1-15(29)27-19-9-7-17(8-10-19)23(30)28-26-13-18-4-2-3-5-22(18)31-14-16-6-11-20(24)21(25)12-16/h2-13H,14H2,1H3,(H,27,29)(H,28,30)/b26-13-. The molecule has 158 valence electrons. The summed E-state index contributed by atoms with van der Waals surface area (Å²) < 4.78 is 5.86. The monoisotopic (exact) mass is 455 g/mol. The fourth-order valence-corrected chi connectivity index (χ4v) is 2.96. The molecule has 0 aliphatic heterocycles. The Morgan fingerprint density at radius 3 is 2.45 bits per heavy atom. The van der Waals surface area contributed by atoms with E-state index in [2.05, 4.69) is 15.8 Å². The number of carbonyl (C=O) groups excluding carboxylic acids is 2. The molecule has 3 rings (SSSR count). The van der Waals surface area contributed by atoms with E-state index in [1.165, 1.54) is 13.1 Å². The molecule has 2 amide bonds. The van der Waals surface area contributed by atoms with Gasteiger partial charge in [-0.25, -0.2) is 5.43 Å². The molecule has 0 bridgehead atoms. The molecule has 8 heteroatoms. The van der Waals surface area contributed by atoms with Gasteiger partial charge in [0.2, 0.25) is 5.91 Å². The third-order valence-electron chi connectivity index (χ3n) is 4.13. The van der Waals surface area contributed by atoms with Crippen LogP contribution in [0.15, 0.2) is 71.8 Å². The average molecular weight is 456 g/mol. The Morgan fingerprint density at radius 2 is 1.74 bits per heavy atom. The van der Waals surface area contributed by atoms with Crippen molar-refractivity contribution in [2.24, 2.45) is 5.10 Å². The van der Waals surface area contributed by atoms with E-state index in [9.17, 15) is 9.59 Å². The molecule has 0 unspecified atom stereocenters. The number of nitrogens with zero attached hydrogens (tertiary/aromatic N) is 1. The summed E-state index contributed by atoms with van der Waals surface area (Å²) in [6.07, 6.45) is 1.51. The molecular formula is C23H19Cl2N3O3. The molecule has 3 aromatic rings. The van der Waals surface area contributed by atoms with Crippen LogP contribution in [0.25, 0.3) is 0 Å².